The molecule has 0 spiro atoms. The molecule has 0 radical (unpaired) electrons. The summed E-state index contributed by atoms with van der Waals surface area (Å²) in [6.07, 6.45) is -3.81. The molecule has 0 aromatic heterocycles. The largest absolute Gasteiger partial charge is 0.417 e. The van der Waals surface area contributed by atoms with E-state index in [9.17, 15) is 13.2 Å². The molecule has 0 saturated heterocycles. The minimum absolute atomic E-state index is 0.0903. The number of nitrogens with one attached hydrogen (secondary N) is 1. The third kappa shape index (κ3) is 6.49. The Morgan fingerprint density at radius 2 is 1.66 bits per heavy atom. The molecule has 29 heavy (non-hydrogen) atoms. The summed E-state index contributed by atoms with van der Waals surface area (Å²) in [5, 5.41) is 3.55. The second kappa shape index (κ2) is 9.10. The van der Waals surface area contributed by atoms with E-state index in [1.807, 2.05) is 30.3 Å². The fourth-order valence-corrected chi connectivity index (χ4v) is 3.89. The molecule has 0 aliphatic carbocycles. The lowest BCUT2D eigenvalue weighted by atomic mass is 10.0. The van der Waals surface area contributed by atoms with Crippen LogP contribution in [0.2, 0.25) is 23.2 Å². The highest BCUT2D eigenvalue weighted by Crippen LogP contribution is 2.38. The van der Waals surface area contributed by atoms with E-state index in [0.29, 0.717) is 13.0 Å². The van der Waals surface area contributed by atoms with Gasteiger partial charge in [-0.05, 0) is 48.3 Å². The van der Waals surface area contributed by atoms with Crippen molar-refractivity contribution in [2.75, 3.05) is 11.9 Å². The van der Waals surface area contributed by atoms with Crippen LogP contribution in [0, 0.1) is 0 Å². The summed E-state index contributed by atoms with van der Waals surface area (Å²) in [5.74, 6) is 0. The molecule has 0 saturated carbocycles. The minimum atomic E-state index is -4.42. The molecule has 0 amide bonds. The highest BCUT2D eigenvalue weighted by atomic mass is 35.5. The van der Waals surface area contributed by atoms with Gasteiger partial charge >= 0.3 is 6.18 Å². The van der Waals surface area contributed by atoms with Crippen molar-refractivity contribution in [1.29, 1.82) is 0 Å². The van der Waals surface area contributed by atoms with Gasteiger partial charge in [0.1, 0.15) is 0 Å². The number of benzene rings is 2. The zero-order valence-corrected chi connectivity index (χ0v) is 19.3. The van der Waals surface area contributed by atoms with E-state index in [1.54, 1.807) is 0 Å². The van der Waals surface area contributed by atoms with E-state index in [-0.39, 0.29) is 21.8 Å². The van der Waals surface area contributed by atoms with E-state index < -0.39 is 20.1 Å². The van der Waals surface area contributed by atoms with Crippen LogP contribution in [0.5, 0.6) is 0 Å². The second-order valence-corrected chi connectivity index (χ2v) is 13.9. The molecule has 1 N–H and O–H groups in total. The molecule has 0 bridgehead atoms. The van der Waals surface area contributed by atoms with Crippen molar-refractivity contribution in [3.05, 3.63) is 64.7 Å². The van der Waals surface area contributed by atoms with Crippen LogP contribution < -0.4 is 5.32 Å². The lowest BCUT2D eigenvalue weighted by molar-refractivity contribution is -0.137. The van der Waals surface area contributed by atoms with Crippen molar-refractivity contribution >= 4 is 25.6 Å². The molecule has 2 aromatic carbocycles. The van der Waals surface area contributed by atoms with Gasteiger partial charge in [0, 0.05) is 6.61 Å². The van der Waals surface area contributed by atoms with Gasteiger partial charge in [0.15, 0.2) is 8.32 Å². The van der Waals surface area contributed by atoms with Crippen molar-refractivity contribution in [2.45, 2.75) is 57.5 Å². The Morgan fingerprint density at radius 3 is 2.21 bits per heavy atom. The summed E-state index contributed by atoms with van der Waals surface area (Å²) >= 11 is 6.19. The van der Waals surface area contributed by atoms with Crippen LogP contribution in [-0.2, 0) is 10.6 Å². The van der Waals surface area contributed by atoms with Gasteiger partial charge in [0.05, 0.1) is 22.3 Å². The standard InChI is InChI=1S/C22H29ClF3NOSi/c1-21(2,3)29(4,5)28-14-13-19(16-9-7-6-8-10-16)27-20-15-17(22(24,25)26)11-12-18(20)23/h6-12,15,19,27H,13-14H2,1-5H3. The van der Waals surface area contributed by atoms with Crippen LogP contribution in [0.15, 0.2) is 48.5 Å². The topological polar surface area (TPSA) is 21.3 Å². The molecule has 7 heteroatoms. The Kier molecular flexibility index (Phi) is 7.46. The van der Waals surface area contributed by atoms with Gasteiger partial charge in [0.2, 0.25) is 0 Å². The van der Waals surface area contributed by atoms with Gasteiger partial charge < -0.3 is 9.74 Å². The van der Waals surface area contributed by atoms with E-state index in [1.165, 1.54) is 6.07 Å². The smallest absolute Gasteiger partial charge is 0.416 e. The summed E-state index contributed by atoms with van der Waals surface area (Å²) in [6.45, 7) is 11.4. The lowest BCUT2D eigenvalue weighted by Crippen LogP contribution is -2.41. The molecular formula is C22H29ClF3NOSi. The first-order valence-electron chi connectivity index (χ1n) is 9.63. The first-order chi connectivity index (χ1) is 13.3. The molecule has 1 atom stereocenters. The quantitative estimate of drug-likeness (QED) is 0.438. The summed E-state index contributed by atoms with van der Waals surface area (Å²) in [5.41, 5.74) is 0.510. The maximum absolute atomic E-state index is 13.1. The predicted molar refractivity (Wildman–Crippen MR) is 117 cm³/mol. The Balaban J connectivity index is 2.23. The van der Waals surface area contributed by atoms with Crippen molar-refractivity contribution in [1.82, 2.24) is 0 Å². The molecule has 0 aliphatic heterocycles. The SMILES string of the molecule is CC(C)(C)[Si](C)(C)OCCC(Nc1cc(C(F)(F)F)ccc1Cl)c1ccccc1. The Hall–Kier alpha value is -1.50. The number of halogens is 4. The predicted octanol–water partition coefficient (Wildman–Crippen LogP) is 7.92. The maximum Gasteiger partial charge on any atom is 0.416 e. The highest BCUT2D eigenvalue weighted by molar-refractivity contribution is 6.74. The maximum atomic E-state index is 13.1. The highest BCUT2D eigenvalue weighted by Gasteiger charge is 2.37. The normalized spacial score (nSPS) is 14.0. The monoisotopic (exact) mass is 443 g/mol. The van der Waals surface area contributed by atoms with Gasteiger partial charge in [-0.15, -0.1) is 0 Å². The molecule has 0 fully saturated rings. The van der Waals surface area contributed by atoms with Gasteiger partial charge in [0.25, 0.3) is 0 Å². The fourth-order valence-electron chi connectivity index (χ4n) is 2.66. The number of hydrogen-bond donors (Lipinski definition) is 1. The summed E-state index contributed by atoms with van der Waals surface area (Å²) in [7, 11) is -1.91. The summed E-state index contributed by atoms with van der Waals surface area (Å²) in [6, 6.07) is 12.7. The van der Waals surface area contributed by atoms with Crippen LogP contribution in [0.25, 0.3) is 0 Å². The zero-order valence-electron chi connectivity index (χ0n) is 17.5. The molecule has 160 valence electrons. The average Bonchev–Trinajstić information content (AvgIpc) is 2.61. The first-order valence-corrected chi connectivity index (χ1v) is 12.9. The van der Waals surface area contributed by atoms with Gasteiger partial charge in [-0.25, -0.2) is 0 Å². The van der Waals surface area contributed by atoms with Gasteiger partial charge in [-0.3, -0.25) is 0 Å². The van der Waals surface area contributed by atoms with Crippen molar-refractivity contribution in [2.24, 2.45) is 0 Å². The molecule has 2 aromatic rings. The third-order valence-electron chi connectivity index (χ3n) is 5.50. The Bertz CT molecular complexity index is 804. The first kappa shape index (κ1) is 23.8. The van der Waals surface area contributed by atoms with E-state index >= 15 is 0 Å². The number of anilines is 1. The van der Waals surface area contributed by atoms with E-state index in [0.717, 1.165) is 17.7 Å². The lowest BCUT2D eigenvalue weighted by Gasteiger charge is -2.36. The minimum Gasteiger partial charge on any atom is -0.417 e. The average molecular weight is 444 g/mol. The number of hydrogen-bond acceptors (Lipinski definition) is 2. The van der Waals surface area contributed by atoms with Crippen LogP contribution in [0.4, 0.5) is 18.9 Å². The molecule has 0 aliphatic rings. The van der Waals surface area contributed by atoms with Crippen LogP contribution in [0.1, 0.15) is 44.4 Å². The second-order valence-electron chi connectivity index (χ2n) is 8.70. The van der Waals surface area contributed by atoms with Gasteiger partial charge in [-0.2, -0.15) is 13.2 Å². The van der Waals surface area contributed by atoms with Crippen LogP contribution in [0.3, 0.4) is 0 Å². The van der Waals surface area contributed by atoms with Crippen LogP contribution in [-0.4, -0.2) is 14.9 Å². The number of alkyl halides is 3. The molecule has 2 rings (SSSR count). The van der Waals surface area contributed by atoms with Crippen LogP contribution >= 0.6 is 11.6 Å². The van der Waals surface area contributed by atoms with Crippen molar-refractivity contribution in [3.8, 4) is 0 Å². The van der Waals surface area contributed by atoms with E-state index in [2.05, 4.69) is 39.2 Å². The third-order valence-corrected chi connectivity index (χ3v) is 10.4. The molecule has 1 unspecified atom stereocenters. The molecule has 2 nitrogen and oxygen atoms in total. The van der Waals surface area contributed by atoms with Crippen molar-refractivity contribution in [3.63, 3.8) is 0 Å². The van der Waals surface area contributed by atoms with E-state index in [4.69, 9.17) is 16.0 Å². The number of rotatable bonds is 7. The molecule has 0 heterocycles. The fraction of sp³-hybridized carbons (Fsp3) is 0.455. The zero-order chi connectivity index (χ0) is 21.9. The summed E-state index contributed by atoms with van der Waals surface area (Å²) < 4.78 is 45.6. The Labute approximate surface area is 177 Å². The Morgan fingerprint density at radius 1 is 1.03 bits per heavy atom. The molecular weight excluding hydrogens is 415 g/mol. The van der Waals surface area contributed by atoms with Gasteiger partial charge in [-0.1, -0.05) is 62.7 Å². The summed E-state index contributed by atoms with van der Waals surface area (Å²) in [4.78, 5) is 0. The van der Waals surface area contributed by atoms with Crippen molar-refractivity contribution < 1.29 is 17.6 Å².